The lowest BCUT2D eigenvalue weighted by atomic mass is 10.1. The molecule has 6 heteroatoms. The molecule has 5 nitrogen and oxygen atoms in total. The van der Waals surface area contributed by atoms with Gasteiger partial charge in [-0.15, -0.1) is 0 Å². The molecule has 4 rings (SSSR count). The number of carbonyl (C=O) groups is 1. The molecule has 3 aromatic rings. The summed E-state index contributed by atoms with van der Waals surface area (Å²) in [5, 5.41) is 4.11. The van der Waals surface area contributed by atoms with E-state index in [0.29, 0.717) is 28.6 Å². The number of amides is 1. The summed E-state index contributed by atoms with van der Waals surface area (Å²) in [4.78, 5) is 14.9. The molecule has 0 spiro atoms. The Morgan fingerprint density at radius 3 is 2.31 bits per heavy atom. The van der Waals surface area contributed by atoms with E-state index in [1.165, 1.54) is 0 Å². The van der Waals surface area contributed by atoms with Crippen LogP contribution in [0.15, 0.2) is 66.7 Å². The van der Waals surface area contributed by atoms with Crippen molar-refractivity contribution >= 4 is 23.2 Å². The lowest BCUT2D eigenvalue weighted by Crippen LogP contribution is -2.32. The minimum atomic E-state index is -0.341. The summed E-state index contributed by atoms with van der Waals surface area (Å²) < 4.78 is 10.7. The zero-order valence-corrected chi connectivity index (χ0v) is 16.9. The van der Waals surface area contributed by atoms with Gasteiger partial charge in [0.15, 0.2) is 0 Å². The molecule has 1 aliphatic heterocycles. The first-order valence-electron chi connectivity index (χ1n) is 9.23. The first kappa shape index (κ1) is 19.2. The van der Waals surface area contributed by atoms with Crippen LogP contribution in [0.25, 0.3) is 0 Å². The summed E-state index contributed by atoms with van der Waals surface area (Å²) >= 11 is 6.36. The third-order valence-electron chi connectivity index (χ3n) is 5.01. The molecule has 1 atom stereocenters. The number of methoxy groups -OCH3 is 2. The van der Waals surface area contributed by atoms with E-state index in [9.17, 15) is 4.79 Å². The van der Waals surface area contributed by atoms with Gasteiger partial charge in [-0.1, -0.05) is 48.0 Å². The van der Waals surface area contributed by atoms with Crippen LogP contribution in [0.5, 0.6) is 11.5 Å². The fourth-order valence-electron chi connectivity index (χ4n) is 3.55. The van der Waals surface area contributed by atoms with Crippen LogP contribution in [0.1, 0.15) is 27.7 Å². The van der Waals surface area contributed by atoms with Crippen molar-refractivity contribution in [2.75, 3.05) is 19.5 Å². The molecular formula is C23H21ClN2O3. The Bertz CT molecular complexity index is 1030. The monoisotopic (exact) mass is 408 g/mol. The summed E-state index contributed by atoms with van der Waals surface area (Å²) in [5.41, 5.74) is 3.29. The number of ether oxygens (including phenoxy) is 2. The summed E-state index contributed by atoms with van der Waals surface area (Å²) in [6, 6.07) is 20.8. The highest BCUT2D eigenvalue weighted by Gasteiger charge is 2.36. The Hall–Kier alpha value is -3.18. The highest BCUT2D eigenvalue weighted by Crippen LogP contribution is 2.37. The molecule has 0 unspecified atom stereocenters. The minimum absolute atomic E-state index is 0.0344. The van der Waals surface area contributed by atoms with Crippen molar-refractivity contribution in [1.29, 1.82) is 0 Å². The largest absolute Gasteiger partial charge is 0.497 e. The summed E-state index contributed by atoms with van der Waals surface area (Å²) in [5.74, 6) is 1.30. The summed E-state index contributed by atoms with van der Waals surface area (Å²) in [6.45, 7) is 0.395. The highest BCUT2D eigenvalue weighted by molar-refractivity contribution is 6.31. The molecule has 0 aliphatic carbocycles. The van der Waals surface area contributed by atoms with Gasteiger partial charge in [-0.2, -0.15) is 0 Å². The quantitative estimate of drug-likeness (QED) is 0.614. The molecule has 3 aromatic carbocycles. The van der Waals surface area contributed by atoms with Gasteiger partial charge < -0.3 is 19.7 Å². The number of hydrogen-bond acceptors (Lipinski definition) is 4. The zero-order valence-electron chi connectivity index (χ0n) is 16.2. The third-order valence-corrected chi connectivity index (χ3v) is 5.38. The predicted molar refractivity (Wildman–Crippen MR) is 114 cm³/mol. The lowest BCUT2D eigenvalue weighted by molar-refractivity contribution is 0.0729. The van der Waals surface area contributed by atoms with Crippen molar-refractivity contribution in [2.24, 2.45) is 0 Å². The highest BCUT2D eigenvalue weighted by atomic mass is 35.5. The van der Waals surface area contributed by atoms with Gasteiger partial charge in [0.05, 0.1) is 14.2 Å². The maximum absolute atomic E-state index is 13.2. The Balaban J connectivity index is 1.72. The van der Waals surface area contributed by atoms with Crippen molar-refractivity contribution in [3.8, 4) is 11.5 Å². The van der Waals surface area contributed by atoms with E-state index in [1.807, 2.05) is 60.7 Å². The molecule has 1 heterocycles. The van der Waals surface area contributed by atoms with E-state index in [-0.39, 0.29) is 12.1 Å². The number of anilines is 1. The number of nitrogens with zero attached hydrogens (tertiary/aromatic N) is 1. The van der Waals surface area contributed by atoms with Gasteiger partial charge in [0.1, 0.15) is 17.7 Å². The second kappa shape index (κ2) is 8.05. The molecule has 148 valence electrons. The van der Waals surface area contributed by atoms with E-state index in [2.05, 4.69) is 5.32 Å². The van der Waals surface area contributed by atoms with Gasteiger partial charge in [-0.25, -0.2) is 0 Å². The van der Waals surface area contributed by atoms with Crippen molar-refractivity contribution in [3.05, 3.63) is 88.4 Å². The maximum atomic E-state index is 13.2. The topological polar surface area (TPSA) is 50.8 Å². The van der Waals surface area contributed by atoms with E-state index in [4.69, 9.17) is 21.1 Å². The Morgan fingerprint density at radius 2 is 1.62 bits per heavy atom. The van der Waals surface area contributed by atoms with Crippen LogP contribution in [-0.4, -0.2) is 25.0 Å². The number of nitrogens with one attached hydrogen (secondary N) is 1. The molecule has 0 saturated heterocycles. The van der Waals surface area contributed by atoms with Gasteiger partial charge in [0.2, 0.25) is 0 Å². The first-order valence-corrected chi connectivity index (χ1v) is 9.61. The molecule has 0 fully saturated rings. The van der Waals surface area contributed by atoms with Gasteiger partial charge in [-0.05, 0) is 17.7 Å². The number of halogens is 1. The predicted octanol–water partition coefficient (Wildman–Crippen LogP) is 5.12. The Morgan fingerprint density at radius 1 is 0.966 bits per heavy atom. The zero-order chi connectivity index (χ0) is 20.4. The van der Waals surface area contributed by atoms with Crippen LogP contribution < -0.4 is 14.8 Å². The average molecular weight is 409 g/mol. The van der Waals surface area contributed by atoms with Gasteiger partial charge in [0, 0.05) is 46.6 Å². The van der Waals surface area contributed by atoms with Crippen LogP contribution in [0, 0.1) is 0 Å². The smallest absolute Gasteiger partial charge is 0.256 e. The molecular weight excluding hydrogens is 388 g/mol. The van der Waals surface area contributed by atoms with E-state index < -0.39 is 0 Å². The van der Waals surface area contributed by atoms with Gasteiger partial charge >= 0.3 is 0 Å². The number of fused-ring (bicyclic) bond motifs is 1. The Kier molecular flexibility index (Phi) is 5.32. The van der Waals surface area contributed by atoms with Gasteiger partial charge in [-0.3, -0.25) is 4.79 Å². The molecule has 0 aromatic heterocycles. The van der Waals surface area contributed by atoms with E-state index in [1.54, 1.807) is 25.2 Å². The third kappa shape index (κ3) is 3.74. The van der Waals surface area contributed by atoms with Crippen molar-refractivity contribution < 1.29 is 14.3 Å². The summed E-state index contributed by atoms with van der Waals surface area (Å²) in [7, 11) is 3.22. The van der Waals surface area contributed by atoms with Crippen LogP contribution in [-0.2, 0) is 6.54 Å². The van der Waals surface area contributed by atoms with Crippen LogP contribution in [0.3, 0.4) is 0 Å². The standard InChI is InChI=1S/C23H21ClN2O3/c1-28-17-11-16(12-18(13-17)29-2)25-22-19-8-4-5-9-20(19)23(27)26(22)14-15-7-3-6-10-21(15)24/h3-13,22,25H,14H2,1-2H3/t22-/m1/s1. The molecule has 29 heavy (non-hydrogen) atoms. The fraction of sp³-hybridized carbons (Fsp3) is 0.174. The molecule has 1 N–H and O–H groups in total. The molecule has 1 amide bonds. The SMILES string of the molecule is COc1cc(N[C@H]2c3ccccc3C(=O)N2Cc2ccccc2Cl)cc(OC)c1. The number of rotatable bonds is 6. The number of carbonyl (C=O) groups excluding carboxylic acids is 1. The molecule has 0 saturated carbocycles. The summed E-state index contributed by atoms with van der Waals surface area (Å²) in [6.07, 6.45) is -0.341. The molecule has 0 radical (unpaired) electrons. The Labute approximate surface area is 174 Å². The molecule has 0 bridgehead atoms. The van der Waals surface area contributed by atoms with E-state index >= 15 is 0 Å². The van der Waals surface area contributed by atoms with Crippen LogP contribution in [0.4, 0.5) is 5.69 Å². The van der Waals surface area contributed by atoms with Crippen LogP contribution in [0.2, 0.25) is 5.02 Å². The van der Waals surface area contributed by atoms with Crippen LogP contribution >= 0.6 is 11.6 Å². The minimum Gasteiger partial charge on any atom is -0.497 e. The van der Waals surface area contributed by atoms with E-state index in [0.717, 1.165) is 16.8 Å². The van der Waals surface area contributed by atoms with Crippen molar-refractivity contribution in [2.45, 2.75) is 12.7 Å². The normalized spacial score (nSPS) is 15.2. The van der Waals surface area contributed by atoms with Crippen molar-refractivity contribution in [1.82, 2.24) is 4.90 Å². The lowest BCUT2D eigenvalue weighted by Gasteiger charge is -2.28. The first-order chi connectivity index (χ1) is 14.1. The number of hydrogen-bond donors (Lipinski definition) is 1. The van der Waals surface area contributed by atoms with Gasteiger partial charge in [0.25, 0.3) is 5.91 Å². The second-order valence-corrected chi connectivity index (χ2v) is 7.17. The average Bonchev–Trinajstić information content (AvgIpc) is 3.01. The number of benzene rings is 3. The second-order valence-electron chi connectivity index (χ2n) is 6.76. The molecule has 1 aliphatic rings. The maximum Gasteiger partial charge on any atom is 0.256 e. The fourth-order valence-corrected chi connectivity index (χ4v) is 3.74. The van der Waals surface area contributed by atoms with Crippen molar-refractivity contribution in [3.63, 3.8) is 0 Å².